The smallest absolute Gasteiger partial charge is 0.249 e. The number of rotatable bonds is 3. The molecule has 92 valence electrons. The number of carbonyl (C=O) groups is 1. The van der Waals surface area contributed by atoms with Crippen LogP contribution < -0.4 is 16.0 Å². The van der Waals surface area contributed by atoms with Crippen LogP contribution in [0.1, 0.15) is 16.8 Å². The minimum Gasteiger partial charge on any atom is -0.370 e. The first kappa shape index (κ1) is 12.4. The molecule has 0 radical (unpaired) electrons. The van der Waals surface area contributed by atoms with Crippen molar-refractivity contribution in [2.45, 2.75) is 12.5 Å². The van der Waals surface area contributed by atoms with E-state index in [0.717, 1.165) is 29.7 Å². The number of anilines is 1. The van der Waals surface area contributed by atoms with Crippen LogP contribution in [0.3, 0.4) is 0 Å². The molecule has 1 atom stereocenters. The van der Waals surface area contributed by atoms with E-state index in [-0.39, 0.29) is 0 Å². The van der Waals surface area contributed by atoms with Crippen molar-refractivity contribution in [2.24, 2.45) is 5.73 Å². The first-order valence-electron chi connectivity index (χ1n) is 5.62. The molecule has 5 heteroatoms. The van der Waals surface area contributed by atoms with Gasteiger partial charge in [0.15, 0.2) is 0 Å². The lowest BCUT2D eigenvalue weighted by Gasteiger charge is -2.26. The average molecular weight is 298 g/mol. The monoisotopic (exact) mass is 297 g/mol. The first-order valence-corrected chi connectivity index (χ1v) is 6.42. The summed E-state index contributed by atoms with van der Waals surface area (Å²) in [6.45, 7) is 2.07. The summed E-state index contributed by atoms with van der Waals surface area (Å²) in [6.07, 6.45) is 1.14. The van der Waals surface area contributed by atoms with Gasteiger partial charge in [0.05, 0.1) is 5.56 Å². The number of hydrogen-bond donors (Lipinski definition) is 2. The lowest BCUT2D eigenvalue weighted by atomic mass is 10.1. The van der Waals surface area contributed by atoms with E-state index in [4.69, 9.17) is 5.73 Å². The van der Waals surface area contributed by atoms with Crippen molar-refractivity contribution >= 4 is 27.5 Å². The van der Waals surface area contributed by atoms with Crippen molar-refractivity contribution in [1.29, 1.82) is 0 Å². The number of likely N-dealkylation sites (N-methyl/N-ethyl adjacent to an activating group) is 1. The van der Waals surface area contributed by atoms with Crippen molar-refractivity contribution < 1.29 is 4.79 Å². The molecule has 1 saturated heterocycles. The largest absolute Gasteiger partial charge is 0.370 e. The molecule has 0 saturated carbocycles. The van der Waals surface area contributed by atoms with E-state index in [1.807, 2.05) is 12.1 Å². The van der Waals surface area contributed by atoms with E-state index >= 15 is 0 Å². The Kier molecular flexibility index (Phi) is 3.69. The van der Waals surface area contributed by atoms with Gasteiger partial charge >= 0.3 is 0 Å². The number of carbonyl (C=O) groups excluding carboxylic acids is 1. The Balaban J connectivity index is 2.21. The molecular weight excluding hydrogens is 282 g/mol. The first-order chi connectivity index (χ1) is 8.09. The fourth-order valence-corrected chi connectivity index (χ4v) is 2.67. The van der Waals surface area contributed by atoms with Crippen molar-refractivity contribution in [1.82, 2.24) is 5.32 Å². The van der Waals surface area contributed by atoms with Gasteiger partial charge in [-0.3, -0.25) is 4.79 Å². The van der Waals surface area contributed by atoms with Crippen LogP contribution in [-0.2, 0) is 0 Å². The molecule has 1 fully saturated rings. The molecule has 1 heterocycles. The van der Waals surface area contributed by atoms with Crippen molar-refractivity contribution in [2.75, 3.05) is 25.0 Å². The minimum absolute atomic E-state index is 0.409. The maximum absolute atomic E-state index is 11.1. The zero-order valence-electron chi connectivity index (χ0n) is 9.74. The van der Waals surface area contributed by atoms with Crippen LogP contribution in [0.2, 0.25) is 0 Å². The summed E-state index contributed by atoms with van der Waals surface area (Å²) in [5, 5.41) is 3.34. The fourth-order valence-electron chi connectivity index (χ4n) is 2.10. The molecule has 1 aromatic rings. The van der Waals surface area contributed by atoms with Crippen molar-refractivity contribution in [3.8, 4) is 0 Å². The Morgan fingerprint density at radius 2 is 2.35 bits per heavy atom. The predicted octanol–water partition coefficient (Wildman–Crippen LogP) is 1.35. The third-order valence-electron chi connectivity index (χ3n) is 3.21. The normalized spacial score (nSPS) is 19.3. The number of halogens is 1. The van der Waals surface area contributed by atoms with Gasteiger partial charge in [0.1, 0.15) is 0 Å². The highest BCUT2D eigenvalue weighted by Crippen LogP contribution is 2.25. The molecule has 2 rings (SSSR count). The third kappa shape index (κ3) is 2.61. The van der Waals surface area contributed by atoms with Crippen molar-refractivity contribution in [3.63, 3.8) is 0 Å². The second kappa shape index (κ2) is 5.06. The molecule has 0 spiro atoms. The number of hydrogen-bond acceptors (Lipinski definition) is 3. The minimum atomic E-state index is -0.409. The summed E-state index contributed by atoms with van der Waals surface area (Å²) < 4.78 is 0.750. The van der Waals surface area contributed by atoms with Gasteiger partial charge < -0.3 is 16.0 Å². The number of nitrogens with one attached hydrogen (secondary N) is 1. The number of primary amides is 1. The van der Waals surface area contributed by atoms with E-state index in [1.54, 1.807) is 6.07 Å². The maximum Gasteiger partial charge on any atom is 0.249 e. The van der Waals surface area contributed by atoms with Crippen LogP contribution in [0.25, 0.3) is 0 Å². The summed E-state index contributed by atoms with van der Waals surface area (Å²) in [6, 6.07) is 6.16. The molecule has 1 unspecified atom stereocenters. The summed E-state index contributed by atoms with van der Waals surface area (Å²) in [5.41, 5.74) is 6.88. The number of benzene rings is 1. The Morgan fingerprint density at radius 3 is 2.88 bits per heavy atom. The Labute approximate surface area is 109 Å². The standard InChI is InChI=1S/C12H16BrN3O/c1-16(9-4-5-15-7-9)8-2-3-10(12(14)17)11(13)6-8/h2-3,6,9,15H,4-5,7H2,1H3,(H2,14,17). The van der Waals surface area contributed by atoms with Gasteiger partial charge in [-0.25, -0.2) is 0 Å². The lowest BCUT2D eigenvalue weighted by molar-refractivity contribution is 0.0999. The lowest BCUT2D eigenvalue weighted by Crippen LogP contribution is -2.33. The highest BCUT2D eigenvalue weighted by Gasteiger charge is 2.20. The molecular formula is C12H16BrN3O. The molecule has 1 amide bonds. The van der Waals surface area contributed by atoms with E-state index < -0.39 is 5.91 Å². The summed E-state index contributed by atoms with van der Waals surface area (Å²) in [5.74, 6) is -0.409. The van der Waals surface area contributed by atoms with Gasteiger partial charge in [0.25, 0.3) is 0 Å². The maximum atomic E-state index is 11.1. The third-order valence-corrected chi connectivity index (χ3v) is 3.86. The Hall–Kier alpha value is -1.07. The van der Waals surface area contributed by atoms with E-state index in [1.165, 1.54) is 0 Å². The molecule has 1 aliphatic rings. The van der Waals surface area contributed by atoms with Gasteiger partial charge in [-0.2, -0.15) is 0 Å². The van der Waals surface area contributed by atoms with E-state index in [2.05, 4.69) is 33.2 Å². The molecule has 17 heavy (non-hydrogen) atoms. The van der Waals surface area contributed by atoms with Crippen LogP contribution in [-0.4, -0.2) is 32.1 Å². The zero-order chi connectivity index (χ0) is 12.4. The quantitative estimate of drug-likeness (QED) is 0.885. The fraction of sp³-hybridized carbons (Fsp3) is 0.417. The number of amides is 1. The number of nitrogens with two attached hydrogens (primary N) is 1. The van der Waals surface area contributed by atoms with Crippen LogP contribution in [0.15, 0.2) is 22.7 Å². The number of nitrogens with zero attached hydrogens (tertiary/aromatic N) is 1. The van der Waals surface area contributed by atoms with Gasteiger partial charge in [-0.15, -0.1) is 0 Å². The molecule has 1 aliphatic heterocycles. The van der Waals surface area contributed by atoms with Gasteiger partial charge in [0.2, 0.25) is 5.91 Å². The zero-order valence-corrected chi connectivity index (χ0v) is 11.3. The molecule has 0 aromatic heterocycles. The topological polar surface area (TPSA) is 58.4 Å². The Bertz CT molecular complexity index is 430. The molecule has 3 N–H and O–H groups in total. The van der Waals surface area contributed by atoms with Crippen LogP contribution in [0.5, 0.6) is 0 Å². The van der Waals surface area contributed by atoms with Crippen molar-refractivity contribution in [3.05, 3.63) is 28.2 Å². The average Bonchev–Trinajstić information content (AvgIpc) is 2.80. The SMILES string of the molecule is CN(c1ccc(C(N)=O)c(Br)c1)C1CCNC1. The highest BCUT2D eigenvalue weighted by atomic mass is 79.9. The van der Waals surface area contributed by atoms with Crippen LogP contribution >= 0.6 is 15.9 Å². The second-order valence-corrected chi connectivity index (χ2v) is 5.14. The van der Waals surface area contributed by atoms with Gasteiger partial charge in [-0.1, -0.05) is 0 Å². The molecule has 1 aromatic carbocycles. The van der Waals surface area contributed by atoms with Crippen LogP contribution in [0, 0.1) is 0 Å². The summed E-state index contributed by atoms with van der Waals surface area (Å²) in [4.78, 5) is 13.4. The van der Waals surface area contributed by atoms with Gasteiger partial charge in [0, 0.05) is 29.8 Å². The van der Waals surface area contributed by atoms with E-state index in [0.29, 0.717) is 11.6 Å². The second-order valence-electron chi connectivity index (χ2n) is 4.29. The van der Waals surface area contributed by atoms with Crippen LogP contribution in [0.4, 0.5) is 5.69 Å². The Morgan fingerprint density at radius 1 is 1.59 bits per heavy atom. The van der Waals surface area contributed by atoms with Gasteiger partial charge in [-0.05, 0) is 47.1 Å². The summed E-state index contributed by atoms with van der Waals surface area (Å²) in [7, 11) is 2.07. The summed E-state index contributed by atoms with van der Waals surface area (Å²) >= 11 is 3.38. The molecule has 0 bridgehead atoms. The molecule has 4 nitrogen and oxygen atoms in total. The van der Waals surface area contributed by atoms with E-state index in [9.17, 15) is 4.79 Å². The highest BCUT2D eigenvalue weighted by molar-refractivity contribution is 9.10. The molecule has 0 aliphatic carbocycles. The predicted molar refractivity (Wildman–Crippen MR) is 72.3 cm³/mol.